The molecule has 6 heteroatoms. The molecule has 1 fully saturated rings. The van der Waals surface area contributed by atoms with Crippen molar-refractivity contribution in [2.24, 2.45) is 0 Å². The molecule has 1 aliphatic heterocycles. The lowest BCUT2D eigenvalue weighted by Gasteiger charge is -2.30. The number of hydrogen-bond acceptors (Lipinski definition) is 5. The predicted molar refractivity (Wildman–Crippen MR) is 79.8 cm³/mol. The predicted octanol–water partition coefficient (Wildman–Crippen LogP) is 0.429. The van der Waals surface area contributed by atoms with E-state index in [2.05, 4.69) is 20.4 Å². The fourth-order valence-electron chi connectivity index (χ4n) is 2.41. The molecule has 3 rings (SSSR count). The van der Waals surface area contributed by atoms with E-state index in [1.54, 1.807) is 6.07 Å². The Morgan fingerprint density at radius 3 is 2.60 bits per heavy atom. The van der Waals surface area contributed by atoms with Gasteiger partial charge in [-0.05, 0) is 18.2 Å². The summed E-state index contributed by atoms with van der Waals surface area (Å²) in [5.41, 5.74) is 9.35. The summed E-state index contributed by atoms with van der Waals surface area (Å²) in [7, 11) is 0. The van der Waals surface area contributed by atoms with E-state index in [1.807, 2.05) is 18.2 Å². The van der Waals surface area contributed by atoms with Gasteiger partial charge in [-0.2, -0.15) is 5.10 Å². The highest BCUT2D eigenvalue weighted by atomic mass is 16.1. The van der Waals surface area contributed by atoms with Gasteiger partial charge >= 0.3 is 0 Å². The van der Waals surface area contributed by atoms with E-state index in [-0.39, 0.29) is 5.56 Å². The normalized spacial score (nSPS) is 15.3. The molecule has 4 N–H and O–H groups in total. The van der Waals surface area contributed by atoms with Crippen molar-refractivity contribution in [1.29, 1.82) is 0 Å². The van der Waals surface area contributed by atoms with E-state index >= 15 is 0 Å². The number of benzene rings is 1. The Balaban J connectivity index is 1.90. The molecule has 0 unspecified atom stereocenters. The molecule has 0 amide bonds. The number of aromatic nitrogens is 2. The van der Waals surface area contributed by atoms with Crippen molar-refractivity contribution >= 4 is 11.4 Å². The number of nitrogen functional groups attached to an aromatic ring is 1. The van der Waals surface area contributed by atoms with Crippen molar-refractivity contribution in [2.75, 3.05) is 36.8 Å². The topological polar surface area (TPSA) is 87.0 Å². The van der Waals surface area contributed by atoms with Crippen LogP contribution in [0.5, 0.6) is 0 Å². The molecular formula is C14H17N5O. The summed E-state index contributed by atoms with van der Waals surface area (Å²) in [5, 5.41) is 9.77. The Kier molecular flexibility index (Phi) is 3.39. The van der Waals surface area contributed by atoms with Gasteiger partial charge in [-0.15, -0.1) is 0 Å². The zero-order valence-corrected chi connectivity index (χ0v) is 11.1. The molecule has 2 heterocycles. The first-order valence-corrected chi connectivity index (χ1v) is 6.65. The number of piperazine rings is 1. The number of nitrogens with zero attached hydrogens (tertiary/aromatic N) is 2. The average Bonchev–Trinajstić information content (AvgIpc) is 2.49. The molecule has 20 heavy (non-hydrogen) atoms. The summed E-state index contributed by atoms with van der Waals surface area (Å²) < 4.78 is 0. The van der Waals surface area contributed by atoms with Crippen molar-refractivity contribution in [3.8, 4) is 11.3 Å². The number of aromatic amines is 1. The Morgan fingerprint density at radius 1 is 1.15 bits per heavy atom. The summed E-state index contributed by atoms with van der Waals surface area (Å²) in [6.45, 7) is 3.87. The molecular weight excluding hydrogens is 254 g/mol. The van der Waals surface area contributed by atoms with Gasteiger partial charge in [0.05, 0.1) is 17.1 Å². The van der Waals surface area contributed by atoms with Crippen molar-refractivity contribution in [2.45, 2.75) is 0 Å². The highest BCUT2D eigenvalue weighted by molar-refractivity contribution is 5.75. The molecule has 2 aromatic rings. The Bertz CT molecular complexity index is 640. The monoisotopic (exact) mass is 271 g/mol. The second-order valence-corrected chi connectivity index (χ2v) is 4.82. The summed E-state index contributed by atoms with van der Waals surface area (Å²) in [5.74, 6) is 0. The fraction of sp³-hybridized carbons (Fsp3) is 0.286. The maximum atomic E-state index is 11.0. The Hall–Kier alpha value is -2.34. The highest BCUT2D eigenvalue weighted by Crippen LogP contribution is 2.28. The molecule has 104 valence electrons. The fourth-order valence-corrected chi connectivity index (χ4v) is 2.41. The average molecular weight is 271 g/mol. The van der Waals surface area contributed by atoms with Gasteiger partial charge in [-0.3, -0.25) is 4.79 Å². The van der Waals surface area contributed by atoms with Crippen LogP contribution in [0.3, 0.4) is 0 Å². The third-order valence-corrected chi connectivity index (χ3v) is 3.46. The molecule has 0 saturated carbocycles. The highest BCUT2D eigenvalue weighted by Gasteiger charge is 2.13. The minimum absolute atomic E-state index is 0.209. The standard InChI is InChI=1S/C14H17N5O/c15-11-9-10(12-2-4-14(20)18-17-12)1-3-13(11)19-7-5-16-6-8-19/h1-4,9,16H,5-8,15H2,(H,18,20). The van der Waals surface area contributed by atoms with Crippen LogP contribution in [0.1, 0.15) is 0 Å². The first-order valence-electron chi connectivity index (χ1n) is 6.65. The van der Waals surface area contributed by atoms with Gasteiger partial charge in [0.1, 0.15) is 0 Å². The van der Waals surface area contributed by atoms with Gasteiger partial charge in [0, 0.05) is 37.8 Å². The molecule has 1 aliphatic rings. The van der Waals surface area contributed by atoms with Crippen molar-refractivity contribution in [1.82, 2.24) is 15.5 Å². The molecule has 1 aromatic carbocycles. The molecule has 6 nitrogen and oxygen atoms in total. The van der Waals surface area contributed by atoms with Crippen LogP contribution in [0, 0.1) is 0 Å². The maximum Gasteiger partial charge on any atom is 0.264 e. The van der Waals surface area contributed by atoms with Gasteiger partial charge in [0.2, 0.25) is 0 Å². The SMILES string of the molecule is Nc1cc(-c2ccc(=O)[nH]n2)ccc1N1CCNCC1. The Morgan fingerprint density at radius 2 is 1.95 bits per heavy atom. The number of hydrogen-bond donors (Lipinski definition) is 3. The van der Waals surface area contributed by atoms with Gasteiger partial charge < -0.3 is 16.0 Å². The van der Waals surface area contributed by atoms with E-state index in [1.165, 1.54) is 6.07 Å². The third kappa shape index (κ3) is 2.50. The summed E-state index contributed by atoms with van der Waals surface area (Å²) in [4.78, 5) is 13.3. The third-order valence-electron chi connectivity index (χ3n) is 3.46. The number of nitrogens with two attached hydrogens (primary N) is 1. The van der Waals surface area contributed by atoms with E-state index in [0.717, 1.165) is 43.1 Å². The van der Waals surface area contributed by atoms with Crippen molar-refractivity contribution in [3.05, 3.63) is 40.7 Å². The largest absolute Gasteiger partial charge is 0.397 e. The molecule has 1 saturated heterocycles. The maximum absolute atomic E-state index is 11.0. The van der Waals surface area contributed by atoms with E-state index < -0.39 is 0 Å². The number of anilines is 2. The zero-order chi connectivity index (χ0) is 13.9. The zero-order valence-electron chi connectivity index (χ0n) is 11.1. The minimum atomic E-state index is -0.209. The van der Waals surface area contributed by atoms with Crippen LogP contribution in [0.25, 0.3) is 11.3 Å². The summed E-state index contributed by atoms with van der Waals surface area (Å²) >= 11 is 0. The number of rotatable bonds is 2. The molecule has 0 aliphatic carbocycles. The van der Waals surface area contributed by atoms with Crippen LogP contribution in [0.2, 0.25) is 0 Å². The lowest BCUT2D eigenvalue weighted by molar-refractivity contribution is 0.590. The Labute approximate surface area is 116 Å². The minimum Gasteiger partial charge on any atom is -0.397 e. The summed E-state index contributed by atoms with van der Waals surface area (Å²) in [6.07, 6.45) is 0. The first-order chi connectivity index (χ1) is 9.74. The lowest BCUT2D eigenvalue weighted by atomic mass is 10.1. The van der Waals surface area contributed by atoms with Crippen LogP contribution in [0.4, 0.5) is 11.4 Å². The number of nitrogens with one attached hydrogen (secondary N) is 2. The molecule has 0 bridgehead atoms. The van der Waals surface area contributed by atoms with Crippen LogP contribution < -0.4 is 21.5 Å². The van der Waals surface area contributed by atoms with Gasteiger partial charge in [-0.25, -0.2) is 5.10 Å². The molecule has 1 aromatic heterocycles. The van der Waals surface area contributed by atoms with Gasteiger partial charge in [0.15, 0.2) is 0 Å². The van der Waals surface area contributed by atoms with Gasteiger partial charge in [-0.1, -0.05) is 6.07 Å². The van der Waals surface area contributed by atoms with E-state index in [0.29, 0.717) is 5.69 Å². The molecule has 0 radical (unpaired) electrons. The van der Waals surface area contributed by atoms with Crippen LogP contribution in [-0.4, -0.2) is 36.4 Å². The molecule has 0 atom stereocenters. The van der Waals surface area contributed by atoms with E-state index in [9.17, 15) is 4.79 Å². The summed E-state index contributed by atoms with van der Waals surface area (Å²) in [6, 6.07) is 9.05. The van der Waals surface area contributed by atoms with E-state index in [4.69, 9.17) is 5.73 Å². The van der Waals surface area contributed by atoms with Crippen LogP contribution in [0.15, 0.2) is 35.1 Å². The second-order valence-electron chi connectivity index (χ2n) is 4.82. The quantitative estimate of drug-likeness (QED) is 0.689. The lowest BCUT2D eigenvalue weighted by Crippen LogP contribution is -2.43. The smallest absolute Gasteiger partial charge is 0.264 e. The van der Waals surface area contributed by atoms with Crippen molar-refractivity contribution in [3.63, 3.8) is 0 Å². The second kappa shape index (κ2) is 5.34. The van der Waals surface area contributed by atoms with Crippen LogP contribution in [-0.2, 0) is 0 Å². The van der Waals surface area contributed by atoms with Crippen molar-refractivity contribution < 1.29 is 0 Å². The van der Waals surface area contributed by atoms with Crippen LogP contribution >= 0.6 is 0 Å². The van der Waals surface area contributed by atoms with Gasteiger partial charge in [0.25, 0.3) is 5.56 Å². The first kappa shape index (κ1) is 12.7. The molecule has 0 spiro atoms. The number of H-pyrrole nitrogens is 1.